The summed E-state index contributed by atoms with van der Waals surface area (Å²) in [6.07, 6.45) is 5.23. The molecule has 0 amide bonds. The standard InChI is InChI=1S/C6H10BF2.Li/c8-7(9)5-6-3-1-2-4-6;/h3,6H,1-2,4-5H2;/q-1;+1. The largest absolute Gasteiger partial charge is 1.00 e. The second kappa shape index (κ2) is 5.21. The molecule has 4 heteroatoms. The van der Waals surface area contributed by atoms with Crippen molar-refractivity contribution in [2.45, 2.75) is 25.6 Å². The second-order valence-corrected chi connectivity index (χ2v) is 2.55. The minimum Gasteiger partial charge on any atom is -0.326 e. The van der Waals surface area contributed by atoms with Crippen LogP contribution in [-0.2, 0) is 0 Å². The second-order valence-electron chi connectivity index (χ2n) is 2.55. The van der Waals surface area contributed by atoms with Gasteiger partial charge < -0.3 is 6.42 Å². The Balaban J connectivity index is 0.000000810. The van der Waals surface area contributed by atoms with Crippen molar-refractivity contribution in [3.8, 4) is 0 Å². The van der Waals surface area contributed by atoms with Crippen LogP contribution in [0, 0.1) is 12.3 Å². The first kappa shape index (κ1) is 10.5. The minimum absolute atomic E-state index is 0. The zero-order valence-electron chi connectivity index (χ0n) is 6.32. The van der Waals surface area contributed by atoms with Gasteiger partial charge in [0, 0.05) is 0 Å². The van der Waals surface area contributed by atoms with E-state index in [1.807, 2.05) is 6.42 Å². The first-order valence-electron chi connectivity index (χ1n) is 3.40. The predicted octanol–water partition coefficient (Wildman–Crippen LogP) is -0.578. The van der Waals surface area contributed by atoms with Crippen molar-refractivity contribution in [3.05, 3.63) is 6.42 Å². The van der Waals surface area contributed by atoms with Crippen LogP contribution < -0.4 is 18.9 Å². The Kier molecular flexibility index (Phi) is 5.48. The summed E-state index contributed by atoms with van der Waals surface area (Å²) < 4.78 is 23.3. The van der Waals surface area contributed by atoms with Gasteiger partial charge in [-0.15, -0.1) is 0 Å². The van der Waals surface area contributed by atoms with E-state index < -0.39 is 7.27 Å². The Morgan fingerprint density at radius 2 is 2.20 bits per heavy atom. The van der Waals surface area contributed by atoms with E-state index in [9.17, 15) is 8.63 Å². The smallest absolute Gasteiger partial charge is 0.326 e. The molecule has 0 aliphatic heterocycles. The summed E-state index contributed by atoms with van der Waals surface area (Å²) in [5.74, 6) is 0.213. The molecule has 1 rings (SSSR count). The molecule has 0 aromatic rings. The summed E-state index contributed by atoms with van der Waals surface area (Å²) in [5.41, 5.74) is 0. The molecule has 1 fully saturated rings. The molecule has 1 unspecified atom stereocenters. The Bertz CT molecular complexity index is 83.8. The third kappa shape index (κ3) is 3.63. The molecule has 1 atom stereocenters. The van der Waals surface area contributed by atoms with E-state index in [2.05, 4.69) is 0 Å². The van der Waals surface area contributed by atoms with E-state index in [0.29, 0.717) is 0 Å². The van der Waals surface area contributed by atoms with Crippen molar-refractivity contribution in [1.29, 1.82) is 0 Å². The molecule has 0 N–H and O–H groups in total. The molecule has 0 aromatic carbocycles. The molecule has 0 radical (unpaired) electrons. The van der Waals surface area contributed by atoms with Crippen molar-refractivity contribution in [1.82, 2.24) is 0 Å². The molecule has 52 valence electrons. The average molecular weight is 138 g/mol. The molecule has 1 aliphatic rings. The summed E-state index contributed by atoms with van der Waals surface area (Å²) >= 11 is 0. The number of hydrogen-bond donors (Lipinski definition) is 0. The first-order valence-corrected chi connectivity index (χ1v) is 3.40. The Hall–Kier alpha value is 0.522. The molecule has 0 spiro atoms. The van der Waals surface area contributed by atoms with E-state index in [1.165, 1.54) is 0 Å². The number of rotatable bonds is 2. The van der Waals surface area contributed by atoms with Crippen LogP contribution in [0.1, 0.15) is 19.3 Å². The van der Waals surface area contributed by atoms with Crippen LogP contribution in [0.3, 0.4) is 0 Å². The molecule has 0 bridgehead atoms. The van der Waals surface area contributed by atoms with Crippen LogP contribution in [0.15, 0.2) is 0 Å². The van der Waals surface area contributed by atoms with E-state index >= 15 is 0 Å². The van der Waals surface area contributed by atoms with Crippen LogP contribution in [0.25, 0.3) is 0 Å². The van der Waals surface area contributed by atoms with E-state index in [0.717, 1.165) is 19.3 Å². The third-order valence-electron chi connectivity index (χ3n) is 1.76. The van der Waals surface area contributed by atoms with Crippen molar-refractivity contribution in [2.24, 2.45) is 5.92 Å². The molecular formula is C6H10BF2Li. The maximum Gasteiger partial charge on any atom is 1.00 e. The van der Waals surface area contributed by atoms with E-state index in [-0.39, 0.29) is 31.1 Å². The zero-order chi connectivity index (χ0) is 6.69. The van der Waals surface area contributed by atoms with Crippen molar-refractivity contribution in [2.75, 3.05) is 0 Å². The van der Waals surface area contributed by atoms with Gasteiger partial charge in [0.1, 0.15) is 0 Å². The summed E-state index contributed by atoms with van der Waals surface area (Å²) in [4.78, 5) is 0. The fourth-order valence-corrected chi connectivity index (χ4v) is 1.29. The average Bonchev–Trinajstić information content (AvgIpc) is 2.15. The fraction of sp³-hybridized carbons (Fsp3) is 0.833. The summed E-state index contributed by atoms with van der Waals surface area (Å²) in [6, 6.07) is 0. The molecule has 0 saturated heterocycles. The van der Waals surface area contributed by atoms with Crippen LogP contribution in [-0.4, -0.2) is 7.27 Å². The number of hydrogen-bond acceptors (Lipinski definition) is 0. The number of halogens is 2. The zero-order valence-corrected chi connectivity index (χ0v) is 6.32. The van der Waals surface area contributed by atoms with Crippen LogP contribution in [0.5, 0.6) is 0 Å². The van der Waals surface area contributed by atoms with Gasteiger partial charge in [0.15, 0.2) is 0 Å². The van der Waals surface area contributed by atoms with Gasteiger partial charge >= 0.3 is 26.1 Å². The molecular weight excluding hydrogens is 128 g/mol. The van der Waals surface area contributed by atoms with Crippen molar-refractivity contribution in [3.63, 3.8) is 0 Å². The van der Waals surface area contributed by atoms with E-state index in [4.69, 9.17) is 0 Å². The van der Waals surface area contributed by atoms with Gasteiger partial charge in [0.05, 0.1) is 0 Å². The maximum atomic E-state index is 11.7. The molecule has 0 nitrogen and oxygen atoms in total. The van der Waals surface area contributed by atoms with Gasteiger partial charge in [0.2, 0.25) is 0 Å². The first-order chi connectivity index (χ1) is 4.29. The molecule has 10 heavy (non-hydrogen) atoms. The molecule has 1 saturated carbocycles. The quantitative estimate of drug-likeness (QED) is 0.353. The van der Waals surface area contributed by atoms with Crippen molar-refractivity contribution < 1.29 is 27.5 Å². The molecule has 1 aliphatic carbocycles. The van der Waals surface area contributed by atoms with Crippen molar-refractivity contribution >= 4 is 7.27 Å². The van der Waals surface area contributed by atoms with Gasteiger partial charge in [-0.3, -0.25) is 8.63 Å². The summed E-state index contributed by atoms with van der Waals surface area (Å²) in [7, 11) is -2.11. The SMILES string of the molecule is FB(F)CC1[CH-]CCC1.[Li+]. The Morgan fingerprint density at radius 1 is 1.50 bits per heavy atom. The van der Waals surface area contributed by atoms with Gasteiger partial charge in [-0.05, 0) is 6.32 Å². The van der Waals surface area contributed by atoms with Gasteiger partial charge in [-0.25, -0.2) is 0 Å². The minimum atomic E-state index is -2.11. The fourth-order valence-electron chi connectivity index (χ4n) is 1.29. The summed E-state index contributed by atoms with van der Waals surface area (Å²) in [5, 5.41) is 0. The van der Waals surface area contributed by atoms with Gasteiger partial charge in [-0.1, -0.05) is 12.8 Å². The third-order valence-corrected chi connectivity index (χ3v) is 1.76. The van der Waals surface area contributed by atoms with Crippen LogP contribution in [0.4, 0.5) is 8.63 Å². The predicted molar refractivity (Wildman–Crippen MR) is 34.4 cm³/mol. The maximum absolute atomic E-state index is 11.7. The van der Waals surface area contributed by atoms with Gasteiger partial charge in [0.25, 0.3) is 0 Å². The molecule has 0 heterocycles. The van der Waals surface area contributed by atoms with Gasteiger partial charge in [-0.2, -0.15) is 12.3 Å². The van der Waals surface area contributed by atoms with Crippen LogP contribution >= 0.6 is 0 Å². The summed E-state index contributed by atoms with van der Waals surface area (Å²) in [6.45, 7) is 0. The Labute approximate surface area is 73.1 Å². The normalized spacial score (nSPS) is 24.0. The topological polar surface area (TPSA) is 0 Å². The molecule has 0 aromatic heterocycles. The Morgan fingerprint density at radius 3 is 2.60 bits per heavy atom. The van der Waals surface area contributed by atoms with E-state index in [1.54, 1.807) is 0 Å². The monoisotopic (exact) mass is 138 g/mol. The van der Waals surface area contributed by atoms with Crippen LogP contribution in [0.2, 0.25) is 6.32 Å².